The van der Waals surface area contributed by atoms with Gasteiger partial charge in [-0.2, -0.15) is 0 Å². The third-order valence-corrected chi connectivity index (χ3v) is 4.62. The van der Waals surface area contributed by atoms with E-state index in [0.29, 0.717) is 17.4 Å². The molecule has 0 radical (unpaired) electrons. The van der Waals surface area contributed by atoms with E-state index in [-0.39, 0.29) is 0 Å². The Balaban J connectivity index is 1.51. The summed E-state index contributed by atoms with van der Waals surface area (Å²) in [5.74, 6) is 2.86. The fraction of sp³-hybridized carbons (Fsp3) is 0.867. The van der Waals surface area contributed by atoms with E-state index in [0.717, 1.165) is 24.2 Å². The Labute approximate surface area is 115 Å². The molecule has 19 heavy (non-hydrogen) atoms. The van der Waals surface area contributed by atoms with Gasteiger partial charge in [-0.1, -0.05) is 20.8 Å². The van der Waals surface area contributed by atoms with Crippen LogP contribution in [0.1, 0.15) is 70.6 Å². The number of nitrogens with zero attached hydrogens (tertiary/aromatic N) is 2. The molecule has 2 aliphatic carbocycles. The summed E-state index contributed by atoms with van der Waals surface area (Å²) in [5.41, 5.74) is 0.501. The molecule has 3 rings (SSSR count). The number of aromatic nitrogens is 2. The molecule has 1 aromatic rings. The maximum absolute atomic E-state index is 5.69. The van der Waals surface area contributed by atoms with Gasteiger partial charge in [0.2, 0.25) is 11.8 Å². The number of nitrogens with one attached hydrogen (secondary N) is 1. The fourth-order valence-corrected chi connectivity index (χ4v) is 3.30. The van der Waals surface area contributed by atoms with Crippen LogP contribution in [-0.4, -0.2) is 16.2 Å². The first-order valence-electron chi connectivity index (χ1n) is 7.59. The molecule has 1 N–H and O–H groups in total. The van der Waals surface area contributed by atoms with E-state index in [2.05, 4.69) is 36.3 Å². The van der Waals surface area contributed by atoms with E-state index >= 15 is 0 Å². The van der Waals surface area contributed by atoms with Crippen molar-refractivity contribution in [2.24, 2.45) is 11.3 Å². The van der Waals surface area contributed by atoms with Crippen molar-refractivity contribution in [3.63, 3.8) is 0 Å². The Bertz CT molecular complexity index is 436. The molecule has 106 valence electrons. The molecule has 0 aromatic carbocycles. The summed E-state index contributed by atoms with van der Waals surface area (Å²) in [7, 11) is 0. The SMILES string of the molecule is C[C@H]1CC(C)(C)CC[C@@H]1NCc1nnc(C2CC2)o1. The summed E-state index contributed by atoms with van der Waals surface area (Å²) in [6.07, 6.45) is 6.26. The van der Waals surface area contributed by atoms with E-state index in [9.17, 15) is 0 Å². The Morgan fingerprint density at radius 3 is 2.74 bits per heavy atom. The van der Waals surface area contributed by atoms with E-state index in [1.54, 1.807) is 0 Å². The summed E-state index contributed by atoms with van der Waals surface area (Å²) in [6, 6.07) is 0.587. The monoisotopic (exact) mass is 263 g/mol. The normalized spacial score (nSPS) is 30.5. The molecule has 0 aliphatic heterocycles. The maximum Gasteiger partial charge on any atom is 0.230 e. The molecule has 0 bridgehead atoms. The molecule has 0 saturated heterocycles. The van der Waals surface area contributed by atoms with Crippen LogP contribution in [0, 0.1) is 11.3 Å². The lowest BCUT2D eigenvalue weighted by atomic mass is 9.70. The average molecular weight is 263 g/mol. The molecule has 2 atom stereocenters. The van der Waals surface area contributed by atoms with Gasteiger partial charge in [0.1, 0.15) is 0 Å². The molecule has 4 nitrogen and oxygen atoms in total. The van der Waals surface area contributed by atoms with Crippen molar-refractivity contribution in [2.45, 2.75) is 71.4 Å². The fourth-order valence-electron chi connectivity index (χ4n) is 3.30. The molecular weight excluding hydrogens is 238 g/mol. The summed E-state index contributed by atoms with van der Waals surface area (Å²) in [5, 5.41) is 11.9. The topological polar surface area (TPSA) is 51.0 Å². The molecule has 4 heteroatoms. The van der Waals surface area contributed by atoms with Crippen molar-refractivity contribution in [3.05, 3.63) is 11.8 Å². The van der Waals surface area contributed by atoms with Gasteiger partial charge in [-0.3, -0.25) is 0 Å². The van der Waals surface area contributed by atoms with E-state index in [4.69, 9.17) is 4.42 Å². The van der Waals surface area contributed by atoms with Crippen molar-refractivity contribution in [1.82, 2.24) is 15.5 Å². The number of hydrogen-bond acceptors (Lipinski definition) is 4. The first-order valence-corrected chi connectivity index (χ1v) is 7.59. The van der Waals surface area contributed by atoms with Crippen molar-refractivity contribution in [2.75, 3.05) is 0 Å². The summed E-state index contributed by atoms with van der Waals surface area (Å²) in [4.78, 5) is 0. The van der Waals surface area contributed by atoms with Crippen molar-refractivity contribution >= 4 is 0 Å². The molecule has 0 unspecified atom stereocenters. The lowest BCUT2D eigenvalue weighted by molar-refractivity contribution is 0.146. The van der Waals surface area contributed by atoms with Crippen LogP contribution in [0.3, 0.4) is 0 Å². The summed E-state index contributed by atoms with van der Waals surface area (Å²) in [6.45, 7) is 7.82. The Morgan fingerprint density at radius 2 is 2.05 bits per heavy atom. The van der Waals surface area contributed by atoms with Crippen LogP contribution in [0.5, 0.6) is 0 Å². The molecule has 2 saturated carbocycles. The molecule has 2 aliphatic rings. The van der Waals surface area contributed by atoms with Gasteiger partial charge < -0.3 is 9.73 Å². The minimum absolute atomic E-state index is 0.501. The first kappa shape index (κ1) is 13.1. The Kier molecular flexibility index (Phi) is 3.37. The number of rotatable bonds is 4. The zero-order valence-electron chi connectivity index (χ0n) is 12.3. The van der Waals surface area contributed by atoms with Crippen LogP contribution in [-0.2, 0) is 6.54 Å². The maximum atomic E-state index is 5.69. The minimum Gasteiger partial charge on any atom is -0.424 e. The smallest absolute Gasteiger partial charge is 0.230 e. The van der Waals surface area contributed by atoms with Gasteiger partial charge in [0, 0.05) is 12.0 Å². The van der Waals surface area contributed by atoms with Gasteiger partial charge in [-0.15, -0.1) is 10.2 Å². The Morgan fingerprint density at radius 1 is 1.26 bits per heavy atom. The molecule has 1 heterocycles. The second-order valence-electron chi connectivity index (χ2n) is 7.18. The largest absolute Gasteiger partial charge is 0.424 e. The third-order valence-electron chi connectivity index (χ3n) is 4.62. The van der Waals surface area contributed by atoms with Gasteiger partial charge in [0.25, 0.3) is 0 Å². The molecule has 0 amide bonds. The second-order valence-corrected chi connectivity index (χ2v) is 7.18. The van der Waals surface area contributed by atoms with Crippen LogP contribution in [0.4, 0.5) is 0 Å². The first-order chi connectivity index (χ1) is 9.03. The van der Waals surface area contributed by atoms with Gasteiger partial charge in [0.05, 0.1) is 6.54 Å². The third kappa shape index (κ3) is 3.16. The highest BCUT2D eigenvalue weighted by molar-refractivity contribution is 5.00. The highest BCUT2D eigenvalue weighted by Crippen LogP contribution is 2.39. The number of hydrogen-bond donors (Lipinski definition) is 1. The van der Waals surface area contributed by atoms with Crippen molar-refractivity contribution in [3.8, 4) is 0 Å². The zero-order valence-corrected chi connectivity index (χ0v) is 12.3. The lowest BCUT2D eigenvalue weighted by Gasteiger charge is -2.39. The quantitative estimate of drug-likeness (QED) is 0.906. The average Bonchev–Trinajstić information content (AvgIpc) is 3.08. The lowest BCUT2D eigenvalue weighted by Crippen LogP contribution is -2.41. The Hall–Kier alpha value is -0.900. The van der Waals surface area contributed by atoms with Crippen molar-refractivity contribution in [1.29, 1.82) is 0 Å². The highest BCUT2D eigenvalue weighted by Gasteiger charge is 2.32. The van der Waals surface area contributed by atoms with Gasteiger partial charge in [-0.25, -0.2) is 0 Å². The van der Waals surface area contributed by atoms with E-state index in [1.807, 2.05) is 0 Å². The summed E-state index contributed by atoms with van der Waals surface area (Å²) >= 11 is 0. The van der Waals surface area contributed by atoms with Crippen LogP contribution in [0.15, 0.2) is 4.42 Å². The van der Waals surface area contributed by atoms with Gasteiger partial charge in [0.15, 0.2) is 0 Å². The van der Waals surface area contributed by atoms with Gasteiger partial charge >= 0.3 is 0 Å². The van der Waals surface area contributed by atoms with Crippen LogP contribution < -0.4 is 5.32 Å². The predicted molar refractivity (Wildman–Crippen MR) is 73.7 cm³/mol. The molecule has 2 fully saturated rings. The molecule has 1 aromatic heterocycles. The summed E-state index contributed by atoms with van der Waals surface area (Å²) < 4.78 is 5.69. The highest BCUT2D eigenvalue weighted by atomic mass is 16.4. The van der Waals surface area contributed by atoms with E-state index < -0.39 is 0 Å². The zero-order chi connectivity index (χ0) is 13.5. The van der Waals surface area contributed by atoms with Crippen LogP contribution >= 0.6 is 0 Å². The predicted octanol–water partition coefficient (Wildman–Crippen LogP) is 3.25. The van der Waals surface area contributed by atoms with E-state index in [1.165, 1.54) is 32.1 Å². The standard InChI is InChI=1S/C15H25N3O/c1-10-8-15(2,3)7-6-12(10)16-9-13-17-18-14(19-13)11-4-5-11/h10-12,16H,4-9H2,1-3H3/t10-,12-/m0/s1. The van der Waals surface area contributed by atoms with Gasteiger partial charge in [-0.05, 0) is 43.4 Å². The van der Waals surface area contributed by atoms with Crippen LogP contribution in [0.25, 0.3) is 0 Å². The minimum atomic E-state index is 0.501. The van der Waals surface area contributed by atoms with Crippen molar-refractivity contribution < 1.29 is 4.42 Å². The molecule has 0 spiro atoms. The second kappa shape index (κ2) is 4.89. The van der Waals surface area contributed by atoms with Crippen LogP contribution in [0.2, 0.25) is 0 Å². The molecular formula is C15H25N3O.